The summed E-state index contributed by atoms with van der Waals surface area (Å²) < 4.78 is 29.1. The molecule has 1 aromatic carbocycles. The van der Waals surface area contributed by atoms with Crippen molar-refractivity contribution in [1.82, 2.24) is 19.5 Å². The van der Waals surface area contributed by atoms with Crippen LogP contribution in [0, 0.1) is 5.92 Å². The Morgan fingerprint density at radius 2 is 1.74 bits per heavy atom. The molecule has 0 saturated carbocycles. The van der Waals surface area contributed by atoms with Gasteiger partial charge in [-0.05, 0) is 86.0 Å². The Morgan fingerprint density at radius 3 is 2.60 bits per heavy atom. The van der Waals surface area contributed by atoms with E-state index in [1.165, 1.54) is 5.56 Å². The van der Waals surface area contributed by atoms with Crippen LogP contribution in [0.15, 0.2) is 47.6 Å². The minimum Gasteiger partial charge on any atom is -0.356 e. The first-order chi connectivity index (χ1) is 17.0. The Balaban J connectivity index is 1.44. The van der Waals surface area contributed by atoms with Crippen molar-refractivity contribution in [2.24, 2.45) is 5.92 Å². The molecule has 1 N–H and O–H groups in total. The SMILES string of the molecule is O=C1NCCCCCCN(Cc2ccncc2)[C@@H]2CN(S(=O)(=O)c3ccc4c(c3)CCC4)CC[C@H]12. The maximum atomic E-state index is 13.7. The molecule has 0 bridgehead atoms. The monoisotopic (exact) mass is 496 g/mol. The average molecular weight is 497 g/mol. The van der Waals surface area contributed by atoms with Gasteiger partial charge in [0, 0.05) is 44.6 Å². The van der Waals surface area contributed by atoms with Gasteiger partial charge in [0.2, 0.25) is 15.9 Å². The number of rotatable bonds is 4. The molecule has 1 amide bonds. The lowest BCUT2D eigenvalue weighted by atomic mass is 9.90. The van der Waals surface area contributed by atoms with E-state index in [1.54, 1.807) is 22.8 Å². The van der Waals surface area contributed by atoms with E-state index in [0.29, 0.717) is 37.5 Å². The first kappa shape index (κ1) is 24.4. The number of fused-ring (bicyclic) bond motifs is 2. The average Bonchev–Trinajstić information content (AvgIpc) is 3.34. The van der Waals surface area contributed by atoms with Crippen LogP contribution in [0.5, 0.6) is 0 Å². The summed E-state index contributed by atoms with van der Waals surface area (Å²) in [6, 6.07) is 9.47. The highest BCUT2D eigenvalue weighted by molar-refractivity contribution is 7.89. The Morgan fingerprint density at radius 1 is 0.943 bits per heavy atom. The van der Waals surface area contributed by atoms with Gasteiger partial charge >= 0.3 is 0 Å². The van der Waals surface area contributed by atoms with Crippen molar-refractivity contribution in [3.05, 3.63) is 59.4 Å². The van der Waals surface area contributed by atoms with Crippen molar-refractivity contribution in [2.75, 3.05) is 26.2 Å². The second-order valence-electron chi connectivity index (χ2n) is 10.1. The summed E-state index contributed by atoms with van der Waals surface area (Å²) in [5, 5.41) is 3.13. The predicted molar refractivity (Wildman–Crippen MR) is 135 cm³/mol. The van der Waals surface area contributed by atoms with Crippen LogP contribution < -0.4 is 5.32 Å². The lowest BCUT2D eigenvalue weighted by molar-refractivity contribution is -0.129. The van der Waals surface area contributed by atoms with Gasteiger partial charge in [-0.1, -0.05) is 18.9 Å². The third-order valence-corrected chi connectivity index (χ3v) is 9.73. The van der Waals surface area contributed by atoms with Crippen molar-refractivity contribution in [2.45, 2.75) is 68.8 Å². The first-order valence-electron chi connectivity index (χ1n) is 13.0. The van der Waals surface area contributed by atoms with E-state index in [2.05, 4.69) is 15.2 Å². The number of aryl methyl sites for hydroxylation is 2. The third kappa shape index (κ3) is 5.44. The van der Waals surface area contributed by atoms with Crippen LogP contribution >= 0.6 is 0 Å². The number of aromatic nitrogens is 1. The standard InChI is InChI=1S/C27H36N4O3S/c32-27-25-12-17-31(35(33,34)24-9-8-22-6-5-7-23(22)18-24)20-26(25)30(16-4-2-1-3-13-29-27)19-21-10-14-28-15-11-21/h8-11,14-15,18,25-26H,1-7,12-13,16-17,19-20H2,(H,29,32)/t25-,26+/m0/s1. The number of pyridine rings is 1. The zero-order valence-corrected chi connectivity index (χ0v) is 21.2. The lowest BCUT2D eigenvalue weighted by Crippen LogP contribution is -2.57. The Labute approximate surface area is 209 Å². The molecule has 5 rings (SSSR count). The molecule has 1 aromatic heterocycles. The maximum absolute atomic E-state index is 13.7. The fraction of sp³-hybridized carbons (Fsp3) is 0.556. The molecule has 1 aliphatic carbocycles. The fourth-order valence-corrected chi connectivity index (χ4v) is 7.40. The van der Waals surface area contributed by atoms with Crippen molar-refractivity contribution in [1.29, 1.82) is 0 Å². The van der Waals surface area contributed by atoms with E-state index in [9.17, 15) is 13.2 Å². The number of benzene rings is 1. The molecule has 0 radical (unpaired) electrons. The molecule has 3 aliphatic rings. The van der Waals surface area contributed by atoms with Crippen molar-refractivity contribution < 1.29 is 13.2 Å². The van der Waals surface area contributed by atoms with Crippen LogP contribution in [-0.4, -0.2) is 60.7 Å². The van der Waals surface area contributed by atoms with Crippen molar-refractivity contribution in [3.63, 3.8) is 0 Å². The highest BCUT2D eigenvalue weighted by Gasteiger charge is 2.41. The summed E-state index contributed by atoms with van der Waals surface area (Å²) in [5.74, 6) is -0.160. The van der Waals surface area contributed by atoms with Gasteiger partial charge in [-0.15, -0.1) is 0 Å². The van der Waals surface area contributed by atoms with Gasteiger partial charge in [0.1, 0.15) is 0 Å². The summed E-state index contributed by atoms with van der Waals surface area (Å²) in [4.78, 5) is 20.1. The quantitative estimate of drug-likeness (QED) is 0.703. The van der Waals surface area contributed by atoms with Crippen molar-refractivity contribution in [3.8, 4) is 0 Å². The van der Waals surface area contributed by atoms with Gasteiger partial charge in [-0.3, -0.25) is 14.7 Å². The highest BCUT2D eigenvalue weighted by atomic mass is 32.2. The van der Waals surface area contributed by atoms with E-state index in [4.69, 9.17) is 0 Å². The van der Waals surface area contributed by atoms with E-state index in [0.717, 1.165) is 62.6 Å². The molecule has 2 saturated heterocycles. The van der Waals surface area contributed by atoms with E-state index < -0.39 is 10.0 Å². The number of carbonyl (C=O) groups is 1. The molecule has 188 valence electrons. The topological polar surface area (TPSA) is 82.6 Å². The summed E-state index contributed by atoms with van der Waals surface area (Å²) in [5.41, 5.74) is 3.56. The number of nitrogens with one attached hydrogen (secondary N) is 1. The Hall–Kier alpha value is -2.29. The molecule has 7 nitrogen and oxygen atoms in total. The third-order valence-electron chi connectivity index (χ3n) is 7.86. The second-order valence-corrected chi connectivity index (χ2v) is 12.1. The molecule has 0 spiro atoms. The van der Waals surface area contributed by atoms with E-state index in [-0.39, 0.29) is 17.9 Å². The molecule has 2 atom stereocenters. The number of hydrogen-bond donors (Lipinski definition) is 1. The molecular formula is C27H36N4O3S. The smallest absolute Gasteiger partial charge is 0.243 e. The predicted octanol–water partition coefficient (Wildman–Crippen LogP) is 3.14. The number of carbonyl (C=O) groups excluding carboxylic acids is 1. The zero-order chi connectivity index (χ0) is 24.3. The molecule has 8 heteroatoms. The minimum atomic E-state index is -3.63. The summed E-state index contributed by atoms with van der Waals surface area (Å²) >= 11 is 0. The van der Waals surface area contributed by atoms with Crippen LogP contribution in [0.2, 0.25) is 0 Å². The van der Waals surface area contributed by atoms with Crippen LogP contribution in [0.4, 0.5) is 0 Å². The molecular weight excluding hydrogens is 460 g/mol. The van der Waals surface area contributed by atoms with Crippen LogP contribution in [0.3, 0.4) is 0 Å². The fourth-order valence-electron chi connectivity index (χ4n) is 5.88. The Kier molecular flexibility index (Phi) is 7.51. The van der Waals surface area contributed by atoms with Crippen LogP contribution in [0.25, 0.3) is 0 Å². The van der Waals surface area contributed by atoms with E-state index in [1.807, 2.05) is 24.3 Å². The van der Waals surface area contributed by atoms with Crippen LogP contribution in [-0.2, 0) is 34.2 Å². The number of piperidine rings is 1. The zero-order valence-electron chi connectivity index (χ0n) is 20.4. The number of amides is 1. The first-order valence-corrected chi connectivity index (χ1v) is 14.5. The second kappa shape index (κ2) is 10.8. The van der Waals surface area contributed by atoms with Crippen molar-refractivity contribution >= 4 is 15.9 Å². The summed E-state index contributed by atoms with van der Waals surface area (Å²) in [6.45, 7) is 2.94. The van der Waals surface area contributed by atoms with Gasteiger partial charge in [-0.25, -0.2) is 8.42 Å². The normalized spacial score (nSPS) is 24.7. The lowest BCUT2D eigenvalue weighted by Gasteiger charge is -2.43. The molecule has 2 fully saturated rings. The summed E-state index contributed by atoms with van der Waals surface area (Å²) in [7, 11) is -3.63. The molecule has 2 aliphatic heterocycles. The number of nitrogens with zero attached hydrogens (tertiary/aromatic N) is 3. The van der Waals surface area contributed by atoms with Gasteiger partial charge in [0.25, 0.3) is 0 Å². The Bertz CT molecular complexity index is 1140. The number of sulfonamides is 1. The largest absolute Gasteiger partial charge is 0.356 e. The molecule has 35 heavy (non-hydrogen) atoms. The van der Waals surface area contributed by atoms with Gasteiger partial charge in [0.05, 0.1) is 10.8 Å². The van der Waals surface area contributed by atoms with Gasteiger partial charge in [-0.2, -0.15) is 4.31 Å². The van der Waals surface area contributed by atoms with Gasteiger partial charge < -0.3 is 5.32 Å². The summed E-state index contributed by atoms with van der Waals surface area (Å²) in [6.07, 6.45) is 11.4. The molecule has 0 unspecified atom stereocenters. The maximum Gasteiger partial charge on any atom is 0.243 e. The van der Waals surface area contributed by atoms with Gasteiger partial charge in [0.15, 0.2) is 0 Å². The number of hydrogen-bond acceptors (Lipinski definition) is 5. The van der Waals surface area contributed by atoms with E-state index >= 15 is 0 Å². The van der Waals surface area contributed by atoms with Crippen LogP contribution in [0.1, 0.15) is 55.2 Å². The molecule has 3 heterocycles. The minimum absolute atomic E-state index is 0.0613. The molecule has 2 aromatic rings. The highest BCUT2D eigenvalue weighted by Crippen LogP contribution is 2.31.